The zero-order chi connectivity index (χ0) is 13.4. The fourth-order valence-electron chi connectivity index (χ4n) is 2.19. The Morgan fingerprint density at radius 1 is 1.22 bits per heavy atom. The number of rotatable bonds is 1. The molecule has 1 aromatic carbocycles. The molecule has 0 saturated carbocycles. The minimum atomic E-state index is -0.338. The molecule has 0 aromatic heterocycles. The Morgan fingerprint density at radius 2 is 1.89 bits per heavy atom. The number of carbonyl (C=O) groups excluding carboxylic acids is 1. The molecule has 0 amide bonds. The molecular formula is C14H16O4. The van der Waals surface area contributed by atoms with Crippen molar-refractivity contribution >= 4 is 5.78 Å². The Balaban J connectivity index is 2.63. The van der Waals surface area contributed by atoms with Crippen LogP contribution in [0.2, 0.25) is 0 Å². The Bertz CT molecular complexity index is 543. The van der Waals surface area contributed by atoms with Crippen LogP contribution in [0.1, 0.15) is 34.8 Å². The molecule has 2 rings (SSSR count). The van der Waals surface area contributed by atoms with Gasteiger partial charge in [0, 0.05) is 11.1 Å². The molecular weight excluding hydrogens is 232 g/mol. The third-order valence-electron chi connectivity index (χ3n) is 3.21. The first-order valence-corrected chi connectivity index (χ1v) is 5.85. The predicted octanol–water partition coefficient (Wildman–Crippen LogP) is 2.62. The Hall–Kier alpha value is -1.97. The van der Waals surface area contributed by atoms with Gasteiger partial charge in [0.05, 0.1) is 6.42 Å². The number of benzene rings is 1. The van der Waals surface area contributed by atoms with Gasteiger partial charge in [-0.15, -0.1) is 0 Å². The average molecular weight is 248 g/mol. The van der Waals surface area contributed by atoms with Gasteiger partial charge in [0.1, 0.15) is 28.9 Å². The summed E-state index contributed by atoms with van der Waals surface area (Å²) in [7, 11) is 0. The number of ketones is 1. The SMILES string of the molecule is C/C=C/C1CC(=O)c2c(O)c(C)c(O)c(C)c2O1. The summed E-state index contributed by atoms with van der Waals surface area (Å²) in [5.41, 5.74) is 0.985. The van der Waals surface area contributed by atoms with E-state index in [-0.39, 0.29) is 41.1 Å². The van der Waals surface area contributed by atoms with Crippen LogP contribution in [0.3, 0.4) is 0 Å². The molecule has 4 nitrogen and oxygen atoms in total. The predicted molar refractivity (Wildman–Crippen MR) is 67.4 cm³/mol. The van der Waals surface area contributed by atoms with Crippen molar-refractivity contribution in [3.05, 3.63) is 28.8 Å². The highest BCUT2D eigenvalue weighted by Crippen LogP contribution is 2.44. The maximum atomic E-state index is 12.1. The molecule has 0 bridgehead atoms. The van der Waals surface area contributed by atoms with Crippen LogP contribution in [0.5, 0.6) is 17.2 Å². The van der Waals surface area contributed by atoms with Gasteiger partial charge < -0.3 is 14.9 Å². The van der Waals surface area contributed by atoms with E-state index in [1.54, 1.807) is 19.9 Å². The number of Topliss-reactive ketones (excluding diaryl/α,β-unsaturated/α-hetero) is 1. The largest absolute Gasteiger partial charge is 0.507 e. The van der Waals surface area contributed by atoms with E-state index in [4.69, 9.17) is 4.74 Å². The van der Waals surface area contributed by atoms with Gasteiger partial charge in [-0.05, 0) is 26.8 Å². The van der Waals surface area contributed by atoms with Gasteiger partial charge in [-0.3, -0.25) is 4.79 Å². The number of allylic oxidation sites excluding steroid dienone is 1. The first-order chi connectivity index (χ1) is 8.47. The summed E-state index contributed by atoms with van der Waals surface area (Å²) < 4.78 is 5.66. The zero-order valence-corrected chi connectivity index (χ0v) is 10.7. The van der Waals surface area contributed by atoms with Crippen molar-refractivity contribution in [1.29, 1.82) is 0 Å². The number of hydrogen-bond donors (Lipinski definition) is 2. The summed E-state index contributed by atoms with van der Waals surface area (Å²) in [6.07, 6.45) is 3.46. The third kappa shape index (κ3) is 1.74. The fourth-order valence-corrected chi connectivity index (χ4v) is 2.19. The second-order valence-electron chi connectivity index (χ2n) is 4.46. The molecule has 1 atom stereocenters. The number of fused-ring (bicyclic) bond motifs is 1. The Labute approximate surface area is 106 Å². The quantitative estimate of drug-likeness (QED) is 0.750. The molecule has 0 saturated heterocycles. The maximum Gasteiger partial charge on any atom is 0.174 e. The highest BCUT2D eigenvalue weighted by Gasteiger charge is 2.32. The summed E-state index contributed by atoms with van der Waals surface area (Å²) in [4.78, 5) is 12.1. The van der Waals surface area contributed by atoms with E-state index in [9.17, 15) is 15.0 Å². The first kappa shape index (κ1) is 12.5. The van der Waals surface area contributed by atoms with Crippen LogP contribution in [0.15, 0.2) is 12.2 Å². The van der Waals surface area contributed by atoms with E-state index in [1.807, 2.05) is 13.0 Å². The smallest absolute Gasteiger partial charge is 0.174 e. The lowest BCUT2D eigenvalue weighted by atomic mass is 9.94. The second-order valence-corrected chi connectivity index (χ2v) is 4.46. The molecule has 1 heterocycles. The van der Waals surface area contributed by atoms with Crippen LogP contribution in [0.25, 0.3) is 0 Å². The van der Waals surface area contributed by atoms with Crippen LogP contribution in [-0.2, 0) is 0 Å². The Kier molecular flexibility index (Phi) is 3.03. The number of phenols is 2. The number of carbonyl (C=O) groups is 1. The molecule has 0 fully saturated rings. The molecule has 4 heteroatoms. The normalized spacial score (nSPS) is 18.8. The fraction of sp³-hybridized carbons (Fsp3) is 0.357. The first-order valence-electron chi connectivity index (χ1n) is 5.85. The summed E-state index contributed by atoms with van der Waals surface area (Å²) in [5, 5.41) is 19.8. The standard InChI is InChI=1S/C14H16O4/c1-4-5-9-6-10(15)11-13(17)7(2)12(16)8(3)14(11)18-9/h4-5,9,16-17H,6H2,1-3H3/b5-4+. The summed E-state index contributed by atoms with van der Waals surface area (Å²) in [6, 6.07) is 0. The van der Waals surface area contributed by atoms with Gasteiger partial charge in [0.15, 0.2) is 5.78 Å². The number of ether oxygens (including phenoxy) is 1. The number of aromatic hydroxyl groups is 2. The van der Waals surface area contributed by atoms with Crippen molar-refractivity contribution in [2.75, 3.05) is 0 Å². The van der Waals surface area contributed by atoms with Crippen LogP contribution < -0.4 is 4.74 Å². The molecule has 18 heavy (non-hydrogen) atoms. The van der Waals surface area contributed by atoms with Gasteiger partial charge in [-0.25, -0.2) is 0 Å². The molecule has 0 radical (unpaired) electrons. The van der Waals surface area contributed by atoms with Crippen LogP contribution in [0.4, 0.5) is 0 Å². The van der Waals surface area contributed by atoms with Gasteiger partial charge in [0.2, 0.25) is 0 Å². The highest BCUT2D eigenvalue weighted by atomic mass is 16.5. The van der Waals surface area contributed by atoms with Gasteiger partial charge in [0.25, 0.3) is 0 Å². The summed E-state index contributed by atoms with van der Waals surface area (Å²) in [6.45, 7) is 5.09. The van der Waals surface area contributed by atoms with Crippen LogP contribution in [-0.4, -0.2) is 22.1 Å². The van der Waals surface area contributed by atoms with Crippen molar-refractivity contribution in [2.24, 2.45) is 0 Å². The number of hydrogen-bond acceptors (Lipinski definition) is 4. The van der Waals surface area contributed by atoms with E-state index in [0.29, 0.717) is 11.1 Å². The van der Waals surface area contributed by atoms with Crippen molar-refractivity contribution in [3.8, 4) is 17.2 Å². The van der Waals surface area contributed by atoms with Crippen molar-refractivity contribution in [3.63, 3.8) is 0 Å². The van der Waals surface area contributed by atoms with Gasteiger partial charge in [-0.1, -0.05) is 6.08 Å². The highest BCUT2D eigenvalue weighted by molar-refractivity contribution is 6.03. The lowest BCUT2D eigenvalue weighted by molar-refractivity contribution is 0.0887. The van der Waals surface area contributed by atoms with E-state index < -0.39 is 0 Å². The summed E-state index contributed by atoms with van der Waals surface area (Å²) >= 11 is 0. The van der Waals surface area contributed by atoms with Crippen LogP contribution in [0, 0.1) is 13.8 Å². The van der Waals surface area contributed by atoms with Crippen molar-refractivity contribution < 1.29 is 19.7 Å². The van der Waals surface area contributed by atoms with E-state index >= 15 is 0 Å². The van der Waals surface area contributed by atoms with Crippen molar-refractivity contribution in [2.45, 2.75) is 33.3 Å². The topological polar surface area (TPSA) is 66.8 Å². The van der Waals surface area contributed by atoms with E-state index in [1.165, 1.54) is 0 Å². The number of phenolic OH excluding ortho intramolecular Hbond substituents is 2. The molecule has 2 N–H and O–H groups in total. The molecule has 0 spiro atoms. The monoisotopic (exact) mass is 248 g/mol. The Morgan fingerprint density at radius 3 is 2.50 bits per heavy atom. The maximum absolute atomic E-state index is 12.1. The summed E-state index contributed by atoms with van der Waals surface area (Å²) in [5.74, 6) is -0.0878. The molecule has 1 aliphatic heterocycles. The van der Waals surface area contributed by atoms with Crippen molar-refractivity contribution in [1.82, 2.24) is 0 Å². The van der Waals surface area contributed by atoms with Gasteiger partial charge >= 0.3 is 0 Å². The second kappa shape index (κ2) is 4.37. The van der Waals surface area contributed by atoms with E-state index in [0.717, 1.165) is 0 Å². The molecule has 96 valence electrons. The van der Waals surface area contributed by atoms with Crippen LogP contribution >= 0.6 is 0 Å². The lowest BCUT2D eigenvalue weighted by Crippen LogP contribution is -2.26. The average Bonchev–Trinajstić information content (AvgIpc) is 2.33. The zero-order valence-electron chi connectivity index (χ0n) is 10.7. The molecule has 1 aliphatic rings. The minimum Gasteiger partial charge on any atom is -0.507 e. The molecule has 1 aromatic rings. The minimum absolute atomic E-state index is 0.0276. The lowest BCUT2D eigenvalue weighted by Gasteiger charge is -2.26. The molecule has 1 unspecified atom stereocenters. The van der Waals surface area contributed by atoms with E-state index in [2.05, 4.69) is 0 Å². The van der Waals surface area contributed by atoms with Gasteiger partial charge in [-0.2, -0.15) is 0 Å². The third-order valence-corrected chi connectivity index (χ3v) is 3.21. The molecule has 0 aliphatic carbocycles.